The summed E-state index contributed by atoms with van der Waals surface area (Å²) >= 11 is 0. The van der Waals surface area contributed by atoms with Crippen molar-refractivity contribution in [2.45, 2.75) is 29.6 Å². The van der Waals surface area contributed by atoms with Crippen LogP contribution in [0.3, 0.4) is 0 Å². The van der Waals surface area contributed by atoms with Crippen LogP contribution in [0.4, 0.5) is 0 Å². The average molecular weight is 261 g/mol. The smallest absolute Gasteiger partial charge is 0.206 e. The Kier molecular flexibility index (Phi) is 3.48. The molecule has 3 nitrogen and oxygen atoms in total. The maximum atomic E-state index is 12.3. The molecule has 1 aromatic heterocycles. The molecule has 4 heteroatoms. The molecular formula is C14H15NO2S. The molecule has 0 aliphatic carbocycles. The summed E-state index contributed by atoms with van der Waals surface area (Å²) in [6.07, 6.45) is 2.96. The van der Waals surface area contributed by atoms with Gasteiger partial charge in [-0.15, -0.1) is 0 Å². The SMILES string of the molecule is CC(C)c1ccc(S(=O)(=O)c2ccncc2)cc1. The summed E-state index contributed by atoms with van der Waals surface area (Å²) in [6.45, 7) is 4.15. The first kappa shape index (κ1) is 12.8. The number of aromatic nitrogens is 1. The van der Waals surface area contributed by atoms with E-state index in [0.717, 1.165) is 5.56 Å². The van der Waals surface area contributed by atoms with Gasteiger partial charge in [-0.2, -0.15) is 0 Å². The van der Waals surface area contributed by atoms with Gasteiger partial charge in [-0.25, -0.2) is 8.42 Å². The van der Waals surface area contributed by atoms with Gasteiger partial charge in [0.05, 0.1) is 9.79 Å². The second-order valence-corrected chi connectivity index (χ2v) is 6.36. The quantitative estimate of drug-likeness (QED) is 0.853. The Balaban J connectivity index is 2.43. The first-order valence-corrected chi connectivity index (χ1v) is 7.25. The monoisotopic (exact) mass is 261 g/mol. The summed E-state index contributed by atoms with van der Waals surface area (Å²) in [5.74, 6) is 0.391. The molecule has 18 heavy (non-hydrogen) atoms. The highest BCUT2D eigenvalue weighted by Gasteiger charge is 2.17. The fraction of sp³-hybridized carbons (Fsp3) is 0.214. The third-order valence-electron chi connectivity index (χ3n) is 2.82. The first-order chi connectivity index (χ1) is 8.51. The van der Waals surface area contributed by atoms with Gasteiger partial charge >= 0.3 is 0 Å². The normalized spacial score (nSPS) is 11.7. The van der Waals surface area contributed by atoms with Crippen molar-refractivity contribution in [2.75, 3.05) is 0 Å². The molecule has 0 unspecified atom stereocenters. The van der Waals surface area contributed by atoms with Crippen molar-refractivity contribution in [3.8, 4) is 0 Å². The van der Waals surface area contributed by atoms with Crippen LogP contribution in [-0.2, 0) is 9.84 Å². The number of pyridine rings is 1. The largest absolute Gasteiger partial charge is 0.265 e. The zero-order valence-corrected chi connectivity index (χ0v) is 11.2. The number of nitrogens with zero attached hydrogens (tertiary/aromatic N) is 1. The molecule has 0 amide bonds. The molecule has 0 radical (unpaired) electrons. The minimum atomic E-state index is -3.42. The van der Waals surface area contributed by atoms with E-state index in [1.54, 1.807) is 12.1 Å². The Morgan fingerprint density at radius 3 is 1.89 bits per heavy atom. The van der Waals surface area contributed by atoms with Gasteiger partial charge in [-0.05, 0) is 35.7 Å². The van der Waals surface area contributed by atoms with Gasteiger partial charge in [0.25, 0.3) is 0 Å². The Bertz CT molecular complexity index is 617. The summed E-state index contributed by atoms with van der Waals surface area (Å²) in [7, 11) is -3.42. The number of hydrogen-bond donors (Lipinski definition) is 0. The van der Waals surface area contributed by atoms with E-state index in [0.29, 0.717) is 10.8 Å². The van der Waals surface area contributed by atoms with E-state index < -0.39 is 9.84 Å². The van der Waals surface area contributed by atoms with Crippen LogP contribution in [-0.4, -0.2) is 13.4 Å². The molecular weight excluding hydrogens is 246 g/mol. The molecule has 0 saturated carbocycles. The zero-order valence-electron chi connectivity index (χ0n) is 10.4. The minimum Gasteiger partial charge on any atom is -0.265 e. The molecule has 0 atom stereocenters. The molecule has 1 aromatic carbocycles. The summed E-state index contributed by atoms with van der Waals surface area (Å²) in [5.41, 5.74) is 1.13. The molecule has 2 rings (SSSR count). The van der Waals surface area contributed by atoms with Gasteiger partial charge in [-0.3, -0.25) is 4.98 Å². The molecule has 1 heterocycles. The Morgan fingerprint density at radius 1 is 0.889 bits per heavy atom. The van der Waals surface area contributed by atoms with E-state index in [4.69, 9.17) is 0 Å². The molecule has 94 valence electrons. The van der Waals surface area contributed by atoms with Crippen molar-refractivity contribution in [3.05, 3.63) is 54.4 Å². The van der Waals surface area contributed by atoms with Crippen molar-refractivity contribution in [1.29, 1.82) is 0 Å². The topological polar surface area (TPSA) is 47.0 Å². The molecule has 0 fully saturated rings. The third kappa shape index (κ3) is 2.43. The second kappa shape index (κ2) is 4.90. The molecule has 0 spiro atoms. The van der Waals surface area contributed by atoms with E-state index in [2.05, 4.69) is 18.8 Å². The van der Waals surface area contributed by atoms with E-state index in [9.17, 15) is 8.42 Å². The highest BCUT2D eigenvalue weighted by molar-refractivity contribution is 7.91. The molecule has 2 aromatic rings. The van der Waals surface area contributed by atoms with Gasteiger partial charge in [0.2, 0.25) is 9.84 Å². The summed E-state index contributed by atoms with van der Waals surface area (Å²) in [4.78, 5) is 4.42. The highest BCUT2D eigenvalue weighted by atomic mass is 32.2. The molecule has 0 bridgehead atoms. The number of rotatable bonds is 3. The molecule has 0 N–H and O–H groups in total. The van der Waals surface area contributed by atoms with Crippen molar-refractivity contribution in [3.63, 3.8) is 0 Å². The van der Waals surface area contributed by atoms with Crippen molar-refractivity contribution in [2.24, 2.45) is 0 Å². The lowest BCUT2D eigenvalue weighted by Gasteiger charge is -2.07. The van der Waals surface area contributed by atoms with Gasteiger partial charge in [0, 0.05) is 12.4 Å². The van der Waals surface area contributed by atoms with Gasteiger partial charge in [0.1, 0.15) is 0 Å². The van der Waals surface area contributed by atoms with Gasteiger partial charge in [-0.1, -0.05) is 26.0 Å². The standard InChI is InChI=1S/C14H15NO2S/c1-11(2)12-3-5-13(6-4-12)18(16,17)14-7-9-15-10-8-14/h3-11H,1-2H3. The van der Waals surface area contributed by atoms with E-state index in [-0.39, 0.29) is 4.90 Å². The fourth-order valence-corrected chi connectivity index (χ4v) is 2.93. The lowest BCUT2D eigenvalue weighted by molar-refractivity contribution is 0.596. The van der Waals surface area contributed by atoms with Crippen LogP contribution >= 0.6 is 0 Å². The predicted molar refractivity (Wildman–Crippen MR) is 70.2 cm³/mol. The van der Waals surface area contributed by atoms with Gasteiger partial charge < -0.3 is 0 Å². The molecule has 0 aliphatic rings. The first-order valence-electron chi connectivity index (χ1n) is 5.77. The maximum Gasteiger partial charge on any atom is 0.206 e. The second-order valence-electron chi connectivity index (χ2n) is 4.41. The summed E-state index contributed by atoms with van der Waals surface area (Å²) in [6, 6.07) is 10.0. The Hall–Kier alpha value is -1.68. The fourth-order valence-electron chi connectivity index (χ4n) is 1.69. The number of sulfone groups is 1. The Morgan fingerprint density at radius 2 is 1.39 bits per heavy atom. The highest BCUT2D eigenvalue weighted by Crippen LogP contribution is 2.22. The minimum absolute atomic E-state index is 0.273. The summed E-state index contributed by atoms with van der Waals surface area (Å²) < 4.78 is 24.6. The third-order valence-corrected chi connectivity index (χ3v) is 4.60. The number of benzene rings is 1. The van der Waals surface area contributed by atoms with E-state index in [1.165, 1.54) is 24.5 Å². The number of hydrogen-bond acceptors (Lipinski definition) is 3. The van der Waals surface area contributed by atoms with Crippen LogP contribution in [0, 0.1) is 0 Å². The van der Waals surface area contributed by atoms with Crippen LogP contribution in [0.1, 0.15) is 25.3 Å². The zero-order chi connectivity index (χ0) is 13.2. The van der Waals surface area contributed by atoms with Crippen LogP contribution in [0.2, 0.25) is 0 Å². The summed E-state index contributed by atoms with van der Waals surface area (Å²) in [5, 5.41) is 0. The van der Waals surface area contributed by atoms with Crippen LogP contribution in [0.5, 0.6) is 0 Å². The van der Waals surface area contributed by atoms with Crippen LogP contribution < -0.4 is 0 Å². The van der Waals surface area contributed by atoms with Crippen molar-refractivity contribution in [1.82, 2.24) is 4.98 Å². The van der Waals surface area contributed by atoms with E-state index in [1.807, 2.05) is 12.1 Å². The lowest BCUT2D eigenvalue weighted by Crippen LogP contribution is -2.02. The molecule has 0 aliphatic heterocycles. The predicted octanol–water partition coefficient (Wildman–Crippen LogP) is 3.04. The maximum absolute atomic E-state index is 12.3. The van der Waals surface area contributed by atoms with Crippen molar-refractivity contribution < 1.29 is 8.42 Å². The average Bonchev–Trinajstić information content (AvgIpc) is 2.40. The Labute approximate surface area is 107 Å². The lowest BCUT2D eigenvalue weighted by atomic mass is 10.0. The van der Waals surface area contributed by atoms with Crippen LogP contribution in [0.15, 0.2) is 58.6 Å². The van der Waals surface area contributed by atoms with Crippen LogP contribution in [0.25, 0.3) is 0 Å². The van der Waals surface area contributed by atoms with Gasteiger partial charge in [0.15, 0.2) is 0 Å². The van der Waals surface area contributed by atoms with Crippen molar-refractivity contribution >= 4 is 9.84 Å². The molecule has 0 saturated heterocycles. The van der Waals surface area contributed by atoms with E-state index >= 15 is 0 Å².